The first-order valence-corrected chi connectivity index (χ1v) is 7.20. The molecule has 0 aliphatic rings. The topological polar surface area (TPSA) is 162 Å². The minimum atomic E-state index is -0.287. The van der Waals surface area contributed by atoms with Crippen molar-refractivity contribution in [2.24, 2.45) is 0 Å². The van der Waals surface area contributed by atoms with Crippen molar-refractivity contribution in [1.82, 2.24) is 4.98 Å². The predicted molar refractivity (Wildman–Crippen MR) is 61.0 cm³/mol. The molecule has 0 aliphatic heterocycles. The molecule has 1 rings (SSSR count). The molecular formula is C8H18ClN5O3Pt+3. The maximum atomic E-state index is 10.3. The number of nitrogen functional groups attached to an aromatic ring is 1. The number of nitrogens with two attached hydrogens (primary N) is 1. The standard InChI is InChI=1S/C4H5N3O.2C2H5NO.ClH.Pt/c5-3-1-2-6-4(8)7-3;2*1-2(3)4;;/h1-2H,(H3,5,6,7,8);2*1H3,(H2,3,4);1H;/q;;;;+1/p+2. The summed E-state index contributed by atoms with van der Waals surface area (Å²) in [4.78, 5) is 33.7. The minimum absolute atomic E-state index is 0.0833. The molecule has 0 aromatic carbocycles. The van der Waals surface area contributed by atoms with Gasteiger partial charge in [-0.1, -0.05) is 0 Å². The zero-order chi connectivity index (χ0) is 15.1. The normalized spacial score (nSPS) is 7.28. The van der Waals surface area contributed by atoms with E-state index >= 15 is 0 Å². The molecule has 1 heterocycles. The Labute approximate surface area is 119 Å². The number of anilines is 1. The second-order valence-electron chi connectivity index (χ2n) is 2.79. The molecule has 0 saturated carbocycles. The van der Waals surface area contributed by atoms with E-state index in [0.29, 0.717) is 5.82 Å². The Bertz CT molecular complexity index is 378. The molecule has 2 amide bonds. The molecule has 0 atom stereocenters. The number of aromatic nitrogens is 2. The van der Waals surface area contributed by atoms with Gasteiger partial charge in [-0.2, -0.15) is 9.78 Å². The molecule has 1 aromatic rings. The SMILES string of the molecule is CC([NH3+])=O.CC([NH3+])=O.Nc1cc[nH+]c(=O)[nH]1.[Cl][Pt]. The van der Waals surface area contributed by atoms with Crippen molar-refractivity contribution >= 4 is 27.1 Å². The fraction of sp³-hybridized carbons (Fsp3) is 0.250. The summed E-state index contributed by atoms with van der Waals surface area (Å²) >= 11 is 1.61. The molecule has 1 aromatic heterocycles. The molecule has 0 fully saturated rings. The van der Waals surface area contributed by atoms with Crippen molar-refractivity contribution in [3.63, 3.8) is 0 Å². The van der Waals surface area contributed by atoms with Gasteiger partial charge in [-0.25, -0.2) is 14.6 Å². The first-order chi connectivity index (χ1) is 8.25. The Morgan fingerprint density at radius 3 is 1.83 bits per heavy atom. The molecule has 8 nitrogen and oxygen atoms in total. The average Bonchev–Trinajstić information content (AvgIpc) is 2.18. The van der Waals surface area contributed by atoms with E-state index in [2.05, 4.69) is 30.9 Å². The number of hydrogen-bond donors (Lipinski definition) is 4. The summed E-state index contributed by atoms with van der Waals surface area (Å²) in [5, 5.41) is 0. The molecule has 0 spiro atoms. The predicted octanol–water partition coefficient (Wildman–Crippen LogP) is -2.99. The van der Waals surface area contributed by atoms with E-state index in [9.17, 15) is 14.4 Å². The molecule has 107 valence electrons. The van der Waals surface area contributed by atoms with Crippen molar-refractivity contribution in [3.8, 4) is 0 Å². The summed E-state index contributed by atoms with van der Waals surface area (Å²) in [6.45, 7) is 2.83. The van der Waals surface area contributed by atoms with E-state index in [0.717, 1.165) is 0 Å². The maximum absolute atomic E-state index is 10.3. The summed E-state index contributed by atoms with van der Waals surface area (Å²) in [5.41, 5.74) is 10.9. The number of nitrogens with one attached hydrogen (secondary N) is 2. The zero-order valence-electron chi connectivity index (χ0n) is 10.1. The number of halogens is 1. The Kier molecular flexibility index (Phi) is 19.6. The third kappa shape index (κ3) is 36.3. The summed E-state index contributed by atoms with van der Waals surface area (Å²) < 4.78 is 0. The van der Waals surface area contributed by atoms with Crippen LogP contribution in [0.3, 0.4) is 0 Å². The number of H-pyrrole nitrogens is 2. The average molecular weight is 463 g/mol. The third-order valence-electron chi connectivity index (χ3n) is 0.735. The van der Waals surface area contributed by atoms with Crippen LogP contribution in [0, 0.1) is 0 Å². The second-order valence-corrected chi connectivity index (χ2v) is 2.79. The Hall–Kier alpha value is -1.08. The van der Waals surface area contributed by atoms with Gasteiger partial charge in [0.1, 0.15) is 0 Å². The Morgan fingerprint density at radius 1 is 1.33 bits per heavy atom. The van der Waals surface area contributed by atoms with Crippen LogP contribution in [0.2, 0.25) is 0 Å². The number of carbonyl (C=O) groups excluding carboxylic acids is 2. The van der Waals surface area contributed by atoms with Crippen LogP contribution in [0.5, 0.6) is 0 Å². The van der Waals surface area contributed by atoms with Crippen LogP contribution in [0.1, 0.15) is 13.8 Å². The van der Waals surface area contributed by atoms with E-state index < -0.39 is 0 Å². The van der Waals surface area contributed by atoms with Crippen LogP contribution in [0.4, 0.5) is 5.82 Å². The van der Waals surface area contributed by atoms with Crippen molar-refractivity contribution < 1.29 is 44.8 Å². The van der Waals surface area contributed by atoms with Crippen LogP contribution in [-0.4, -0.2) is 16.8 Å². The van der Waals surface area contributed by atoms with Crippen molar-refractivity contribution in [1.29, 1.82) is 0 Å². The number of hydrogen-bond acceptors (Lipinski definition) is 4. The number of rotatable bonds is 0. The molecule has 0 radical (unpaired) electrons. The zero-order valence-corrected chi connectivity index (χ0v) is 13.1. The van der Waals surface area contributed by atoms with Gasteiger partial charge in [-0.3, -0.25) is 11.5 Å². The molecule has 10 N–H and O–H groups in total. The fourth-order valence-corrected chi connectivity index (χ4v) is 0.416. The first kappa shape index (κ1) is 22.1. The molecule has 10 heteroatoms. The third-order valence-corrected chi connectivity index (χ3v) is 0.735. The van der Waals surface area contributed by atoms with Gasteiger partial charge in [0, 0.05) is 6.07 Å². The first-order valence-electron chi connectivity index (χ1n) is 4.39. The number of aromatic amines is 2. The van der Waals surface area contributed by atoms with Crippen molar-refractivity contribution in [2.45, 2.75) is 13.8 Å². The Morgan fingerprint density at radius 2 is 1.67 bits per heavy atom. The number of quaternary nitrogens is 2. The monoisotopic (exact) mass is 462 g/mol. The Balaban J connectivity index is -0.000000194. The fourth-order valence-electron chi connectivity index (χ4n) is 0.416. The molecule has 0 bridgehead atoms. The molecular weight excluding hydrogens is 445 g/mol. The van der Waals surface area contributed by atoms with E-state index in [4.69, 9.17) is 5.73 Å². The van der Waals surface area contributed by atoms with Crippen LogP contribution < -0.4 is 27.9 Å². The van der Waals surface area contributed by atoms with Crippen molar-refractivity contribution in [2.75, 3.05) is 5.73 Å². The van der Waals surface area contributed by atoms with Crippen LogP contribution in [-0.2, 0) is 28.4 Å². The van der Waals surface area contributed by atoms with E-state index in [-0.39, 0.29) is 17.5 Å². The quantitative estimate of drug-likeness (QED) is 0.323. The molecule has 0 saturated heterocycles. The summed E-state index contributed by atoms with van der Waals surface area (Å²) in [6.07, 6.45) is 1.48. The van der Waals surface area contributed by atoms with Gasteiger partial charge in [0.05, 0.1) is 20.0 Å². The van der Waals surface area contributed by atoms with Crippen molar-refractivity contribution in [3.05, 3.63) is 22.7 Å². The van der Waals surface area contributed by atoms with E-state index in [1.807, 2.05) is 0 Å². The van der Waals surface area contributed by atoms with Crippen LogP contribution in [0.15, 0.2) is 17.1 Å². The van der Waals surface area contributed by atoms with Crippen LogP contribution in [0.25, 0.3) is 0 Å². The molecule has 18 heavy (non-hydrogen) atoms. The van der Waals surface area contributed by atoms with Gasteiger partial charge in [0.25, 0.3) is 0 Å². The van der Waals surface area contributed by atoms with Gasteiger partial charge < -0.3 is 5.73 Å². The van der Waals surface area contributed by atoms with Gasteiger partial charge in [-0.05, 0) is 0 Å². The molecule has 0 unspecified atom stereocenters. The van der Waals surface area contributed by atoms with Gasteiger partial charge >= 0.3 is 45.7 Å². The molecule has 0 aliphatic carbocycles. The van der Waals surface area contributed by atoms with Gasteiger partial charge in [0.2, 0.25) is 0 Å². The summed E-state index contributed by atoms with van der Waals surface area (Å²) in [6, 6.07) is 1.57. The second kappa shape index (κ2) is 15.9. The number of amides is 2. The van der Waals surface area contributed by atoms with E-state index in [1.54, 1.807) is 24.8 Å². The van der Waals surface area contributed by atoms with E-state index in [1.165, 1.54) is 20.0 Å². The van der Waals surface area contributed by atoms with Gasteiger partial charge in [0.15, 0.2) is 5.82 Å². The summed E-state index contributed by atoms with van der Waals surface area (Å²) in [5.74, 6) is 0.203. The number of carbonyl (C=O) groups is 2. The summed E-state index contributed by atoms with van der Waals surface area (Å²) in [7, 11) is 4.61. The van der Waals surface area contributed by atoms with Gasteiger partial charge in [-0.15, -0.1) is 0 Å². The van der Waals surface area contributed by atoms with Crippen LogP contribution >= 0.6 is 9.42 Å².